The van der Waals surface area contributed by atoms with Gasteiger partial charge in [-0.15, -0.1) is 0 Å². The molecular weight excluding hydrogens is 268 g/mol. The van der Waals surface area contributed by atoms with Crippen molar-refractivity contribution in [3.05, 3.63) is 28.5 Å². The first-order chi connectivity index (χ1) is 7.79. The van der Waals surface area contributed by atoms with E-state index >= 15 is 0 Å². The number of hydrogen-bond donors (Lipinski definition) is 1. The summed E-state index contributed by atoms with van der Waals surface area (Å²) in [7, 11) is 1.67. The first kappa shape index (κ1) is 10.3. The van der Waals surface area contributed by atoms with Gasteiger partial charge in [-0.25, -0.2) is 4.98 Å². The van der Waals surface area contributed by atoms with Crippen molar-refractivity contribution in [3.8, 4) is 5.75 Å². The Hall–Kier alpha value is -0.870. The molecule has 1 N–H and O–H groups in total. The Morgan fingerprint density at radius 2 is 2.38 bits per heavy atom. The second kappa shape index (κ2) is 3.86. The molecule has 3 rings (SSSR count). The second-order valence-electron chi connectivity index (χ2n) is 4.27. The summed E-state index contributed by atoms with van der Waals surface area (Å²) in [4.78, 5) is 4.30. The Morgan fingerprint density at radius 3 is 3.12 bits per heavy atom. The second-order valence-corrected chi connectivity index (χ2v) is 5.02. The monoisotopic (exact) mass is 280 g/mol. The molecule has 1 aliphatic carbocycles. The number of nitrogens with zero attached hydrogens (tertiary/aromatic N) is 1. The van der Waals surface area contributed by atoms with Crippen LogP contribution in [0.1, 0.15) is 5.56 Å². The fraction of sp³-hybridized carbons (Fsp3) is 0.417. The quantitative estimate of drug-likeness (QED) is 0.843. The molecular formula is C12H13BrN2O. The molecule has 84 valence electrons. The lowest BCUT2D eigenvalue weighted by molar-refractivity contribution is 0.409. The zero-order chi connectivity index (χ0) is 11.1. The highest BCUT2D eigenvalue weighted by Gasteiger charge is 2.36. The van der Waals surface area contributed by atoms with Crippen molar-refractivity contribution in [2.24, 2.45) is 11.8 Å². The number of rotatable bonds is 2. The predicted octanol–water partition coefficient (Wildman–Crippen LogP) is 2.09. The molecule has 2 aliphatic rings. The fourth-order valence-corrected chi connectivity index (χ4v) is 2.87. The highest BCUT2D eigenvalue weighted by atomic mass is 79.9. The van der Waals surface area contributed by atoms with Crippen LogP contribution in [0, 0.1) is 11.8 Å². The molecule has 0 aromatic carbocycles. The SMILES string of the molecule is COc1cc(C2=C[C@@H]3CNC[C@H]23)cnc1Br. The molecule has 0 bridgehead atoms. The fourth-order valence-electron chi connectivity index (χ4n) is 2.49. The highest BCUT2D eigenvalue weighted by Crippen LogP contribution is 2.43. The summed E-state index contributed by atoms with van der Waals surface area (Å²) in [6.07, 6.45) is 4.25. The van der Waals surface area contributed by atoms with Crippen molar-refractivity contribution in [1.29, 1.82) is 0 Å². The maximum Gasteiger partial charge on any atom is 0.152 e. The van der Waals surface area contributed by atoms with Crippen molar-refractivity contribution < 1.29 is 4.74 Å². The molecule has 1 aromatic heterocycles. The third-order valence-corrected chi connectivity index (χ3v) is 4.01. The Labute approximate surface area is 103 Å². The van der Waals surface area contributed by atoms with E-state index in [4.69, 9.17) is 4.74 Å². The van der Waals surface area contributed by atoms with Gasteiger partial charge in [0.25, 0.3) is 0 Å². The van der Waals surface area contributed by atoms with Crippen LogP contribution in [-0.4, -0.2) is 25.2 Å². The summed E-state index contributed by atoms with van der Waals surface area (Å²) in [6.45, 7) is 2.21. The van der Waals surface area contributed by atoms with Crippen molar-refractivity contribution in [2.45, 2.75) is 0 Å². The summed E-state index contributed by atoms with van der Waals surface area (Å²) in [5.41, 5.74) is 2.60. The average Bonchev–Trinajstić information content (AvgIpc) is 2.63. The zero-order valence-electron chi connectivity index (χ0n) is 9.03. The lowest BCUT2D eigenvalue weighted by atomic mass is 9.74. The smallest absolute Gasteiger partial charge is 0.152 e. The Morgan fingerprint density at radius 1 is 1.50 bits per heavy atom. The number of pyridine rings is 1. The van der Waals surface area contributed by atoms with Crippen LogP contribution in [0.5, 0.6) is 5.75 Å². The van der Waals surface area contributed by atoms with Gasteiger partial charge in [0.15, 0.2) is 5.75 Å². The van der Waals surface area contributed by atoms with Crippen molar-refractivity contribution >= 4 is 21.5 Å². The molecule has 4 heteroatoms. The lowest BCUT2D eigenvalue weighted by Crippen LogP contribution is -2.22. The molecule has 3 nitrogen and oxygen atoms in total. The third kappa shape index (κ3) is 1.48. The van der Waals surface area contributed by atoms with Crippen LogP contribution >= 0.6 is 15.9 Å². The van der Waals surface area contributed by atoms with Crippen LogP contribution < -0.4 is 10.1 Å². The van der Waals surface area contributed by atoms with Gasteiger partial charge < -0.3 is 10.1 Å². The molecule has 1 aromatic rings. The van der Waals surface area contributed by atoms with Gasteiger partial charge in [-0.2, -0.15) is 0 Å². The van der Waals surface area contributed by atoms with E-state index in [1.807, 2.05) is 6.20 Å². The topological polar surface area (TPSA) is 34.1 Å². The van der Waals surface area contributed by atoms with Gasteiger partial charge in [0, 0.05) is 25.2 Å². The molecule has 0 spiro atoms. The van der Waals surface area contributed by atoms with Crippen LogP contribution in [0.3, 0.4) is 0 Å². The van der Waals surface area contributed by atoms with Gasteiger partial charge in [-0.3, -0.25) is 0 Å². The molecule has 2 heterocycles. The number of aromatic nitrogens is 1. The van der Waals surface area contributed by atoms with Gasteiger partial charge in [-0.1, -0.05) is 6.08 Å². The van der Waals surface area contributed by atoms with E-state index in [0.29, 0.717) is 5.92 Å². The summed E-state index contributed by atoms with van der Waals surface area (Å²) in [5, 5.41) is 3.41. The number of nitrogens with one attached hydrogen (secondary N) is 1. The summed E-state index contributed by atoms with van der Waals surface area (Å²) in [5.74, 6) is 2.20. The minimum Gasteiger partial charge on any atom is -0.494 e. The minimum absolute atomic E-state index is 0.674. The highest BCUT2D eigenvalue weighted by molar-refractivity contribution is 9.10. The number of halogens is 1. The Balaban J connectivity index is 1.93. The van der Waals surface area contributed by atoms with Crippen LogP contribution in [-0.2, 0) is 0 Å². The first-order valence-corrected chi connectivity index (χ1v) is 6.21. The Kier molecular flexibility index (Phi) is 2.48. The molecule has 0 unspecified atom stereocenters. The van der Waals surface area contributed by atoms with E-state index in [1.165, 1.54) is 11.1 Å². The third-order valence-electron chi connectivity index (χ3n) is 3.41. The number of hydrogen-bond acceptors (Lipinski definition) is 3. The largest absolute Gasteiger partial charge is 0.494 e. The van der Waals surface area contributed by atoms with Gasteiger partial charge >= 0.3 is 0 Å². The number of fused-ring (bicyclic) bond motifs is 1. The number of methoxy groups -OCH3 is 1. The minimum atomic E-state index is 0.674. The zero-order valence-corrected chi connectivity index (χ0v) is 10.6. The van der Waals surface area contributed by atoms with Gasteiger partial charge in [-0.05, 0) is 39.1 Å². The predicted molar refractivity (Wildman–Crippen MR) is 66.3 cm³/mol. The normalized spacial score (nSPS) is 27.0. The van der Waals surface area contributed by atoms with E-state index in [-0.39, 0.29) is 0 Å². The molecule has 0 amide bonds. The van der Waals surface area contributed by atoms with E-state index in [2.05, 4.69) is 38.4 Å². The van der Waals surface area contributed by atoms with E-state index < -0.39 is 0 Å². The van der Waals surface area contributed by atoms with E-state index in [1.54, 1.807) is 7.11 Å². The molecule has 1 aliphatic heterocycles. The first-order valence-electron chi connectivity index (χ1n) is 5.42. The van der Waals surface area contributed by atoms with Gasteiger partial charge in [0.05, 0.1) is 7.11 Å². The molecule has 0 radical (unpaired) electrons. The van der Waals surface area contributed by atoms with Crippen LogP contribution in [0.25, 0.3) is 5.57 Å². The maximum atomic E-state index is 5.26. The maximum absolute atomic E-state index is 5.26. The van der Waals surface area contributed by atoms with Crippen molar-refractivity contribution in [1.82, 2.24) is 10.3 Å². The van der Waals surface area contributed by atoms with Crippen molar-refractivity contribution in [2.75, 3.05) is 20.2 Å². The molecule has 1 fully saturated rings. The van der Waals surface area contributed by atoms with Gasteiger partial charge in [0.2, 0.25) is 0 Å². The van der Waals surface area contributed by atoms with Crippen molar-refractivity contribution in [3.63, 3.8) is 0 Å². The van der Waals surface area contributed by atoms with Crippen LogP contribution in [0.2, 0.25) is 0 Å². The molecule has 2 atom stereocenters. The Bertz CT molecular complexity index is 458. The van der Waals surface area contributed by atoms with Crippen LogP contribution in [0.4, 0.5) is 0 Å². The lowest BCUT2D eigenvalue weighted by Gasteiger charge is -2.29. The average molecular weight is 281 g/mol. The number of ether oxygens (including phenoxy) is 1. The van der Waals surface area contributed by atoms with Crippen LogP contribution in [0.15, 0.2) is 22.9 Å². The summed E-state index contributed by atoms with van der Waals surface area (Å²) in [6, 6.07) is 2.05. The van der Waals surface area contributed by atoms with E-state index in [0.717, 1.165) is 29.4 Å². The standard InChI is InChI=1S/C12H13BrN2O/c1-16-11-3-8(5-15-12(11)13)9-2-7-4-14-6-10(7)9/h2-3,5,7,10,14H,4,6H2,1H3/t7-,10+/m1/s1. The van der Waals surface area contributed by atoms with Gasteiger partial charge in [0.1, 0.15) is 4.60 Å². The summed E-state index contributed by atoms with van der Waals surface area (Å²) >= 11 is 3.37. The summed E-state index contributed by atoms with van der Waals surface area (Å²) < 4.78 is 6.03. The molecule has 1 saturated heterocycles. The van der Waals surface area contributed by atoms with E-state index in [9.17, 15) is 0 Å². The molecule has 0 saturated carbocycles. The molecule has 16 heavy (non-hydrogen) atoms.